The van der Waals surface area contributed by atoms with Crippen molar-refractivity contribution >= 4 is 32.8 Å². The van der Waals surface area contributed by atoms with Crippen LogP contribution in [0.15, 0.2) is 170 Å². The monoisotopic (exact) mass is 1260 g/mol. The quantitative estimate of drug-likeness (QED) is 0.112. The molecule has 6 heteroatoms. The molecule has 0 saturated carbocycles. The number of imidazole rings is 1. The average Bonchev–Trinajstić information content (AvgIpc) is 1.46. The Morgan fingerprint density at radius 3 is 1.98 bits per heavy atom. The van der Waals surface area contributed by atoms with E-state index in [1.54, 1.807) is 22.8 Å². The molecule has 0 bridgehead atoms. The molecular weight excluding hydrogens is 1160 g/mol. The van der Waals surface area contributed by atoms with Crippen molar-refractivity contribution < 1.29 is 81.1 Å². The maximum atomic E-state index is 10.4. The van der Waals surface area contributed by atoms with Crippen LogP contribution in [0, 0.1) is 25.3 Å². The van der Waals surface area contributed by atoms with Gasteiger partial charge in [-0.1, -0.05) is 202 Å². The van der Waals surface area contributed by atoms with Crippen LogP contribution in [-0.4, -0.2) is 14.1 Å². The number of hydrogen-bond acceptors (Lipinski definition) is 2. The number of nitrogens with zero attached hydrogens (tertiary/aromatic N) is 4. The zero-order valence-electron chi connectivity index (χ0n) is 79.9. The van der Waals surface area contributed by atoms with Crippen LogP contribution in [0.25, 0.3) is 83.4 Å². The van der Waals surface area contributed by atoms with E-state index >= 15 is 0 Å². The SMILES string of the molecule is [2H]c1c([2H])c2c(c([2H])c1-c1cccc(-c3c([2H])c([2H])c4c(c3[2H])C(C([2H])([2H])[2H])(C([2H])([2H])[2H])C([2H])([2H])C([2H])([2H])C4(C([2H])([2H])[2H])C([2H])([2H])[2H])c1-[n+]1[c-]n(-c3[c-]c(Oc4[c-]c5c(cc4)c4ccccc4n5-c4cc(C([2H])([2H])[2H])c(-c5cccc(C(C)(C)C)c5)cn4)ccc3)c3ccccc31)C(C([2H])([2H])[2H])(C([2H])([2H])[2H])CC2(C([2H])([2H])[2H])C([2H])([2H])[2H].[Pt]. The Bertz CT molecular complexity index is 5820. The molecule has 404 valence electrons. The smallest absolute Gasteiger partial charge is 0.268 e. The molecule has 0 aliphatic heterocycles. The van der Waals surface area contributed by atoms with Gasteiger partial charge in [0.05, 0.1) is 24.9 Å². The molecule has 3 heterocycles. The molecule has 0 fully saturated rings. The number of hydrogen-bond donors (Lipinski definition) is 0. The first-order valence-corrected chi connectivity index (χ1v) is 25.1. The summed E-state index contributed by atoms with van der Waals surface area (Å²) in [6.45, 7) is -30.5. The van der Waals surface area contributed by atoms with E-state index in [4.69, 9.17) is 46.7 Å². The Hall–Kier alpha value is -7.33. The number of pyridine rings is 1. The molecule has 0 atom stereocenters. The summed E-state index contributed by atoms with van der Waals surface area (Å²) in [6.07, 6.45) is -6.79. The van der Waals surface area contributed by atoms with Crippen molar-refractivity contribution in [3.05, 3.63) is 222 Å². The van der Waals surface area contributed by atoms with E-state index in [0.29, 0.717) is 27.5 Å². The summed E-state index contributed by atoms with van der Waals surface area (Å²) in [7, 11) is 0. The largest absolute Gasteiger partial charge is 0.510 e. The van der Waals surface area contributed by atoms with Crippen LogP contribution in [0.1, 0.15) is 179 Å². The van der Waals surface area contributed by atoms with Crippen LogP contribution >= 0.6 is 0 Å². The average molecular weight is 1260 g/mol. The van der Waals surface area contributed by atoms with Crippen LogP contribution in [0.3, 0.4) is 0 Å². The predicted molar refractivity (Wildman–Crippen MR) is 326 cm³/mol. The van der Waals surface area contributed by atoms with Gasteiger partial charge in [0, 0.05) is 92.3 Å². The Kier molecular flexibility index (Phi) is 6.14. The van der Waals surface area contributed by atoms with E-state index in [-0.39, 0.29) is 66.1 Å². The van der Waals surface area contributed by atoms with Crippen LogP contribution in [0.4, 0.5) is 0 Å². The van der Waals surface area contributed by atoms with Crippen molar-refractivity contribution in [2.24, 2.45) is 0 Å². The number of fused-ring (bicyclic) bond motifs is 6. The second-order valence-corrected chi connectivity index (χ2v) is 21.1. The van der Waals surface area contributed by atoms with Crippen molar-refractivity contribution in [1.29, 1.82) is 0 Å². The van der Waals surface area contributed by atoms with Gasteiger partial charge in [-0.15, -0.1) is 29.7 Å². The summed E-state index contributed by atoms with van der Waals surface area (Å²) in [5, 5.41) is 1.37. The van der Waals surface area contributed by atoms with Crippen LogP contribution in [0.5, 0.6) is 11.5 Å². The molecule has 80 heavy (non-hydrogen) atoms. The minimum atomic E-state index is -4.81. The molecule has 0 unspecified atom stereocenters. The summed E-state index contributed by atoms with van der Waals surface area (Å²) >= 11 is 0. The van der Waals surface area contributed by atoms with E-state index in [1.165, 1.54) is 59.3 Å². The first kappa shape index (κ1) is 25.6. The van der Waals surface area contributed by atoms with Gasteiger partial charge in [0.25, 0.3) is 6.33 Å². The molecule has 0 saturated heterocycles. The maximum absolute atomic E-state index is 10.4. The first-order valence-electron chi connectivity index (χ1n) is 43.6. The normalized spacial score (nSPS) is 25.4. The van der Waals surface area contributed by atoms with Gasteiger partial charge in [-0.3, -0.25) is 4.57 Å². The van der Waals surface area contributed by atoms with E-state index in [9.17, 15) is 13.7 Å². The van der Waals surface area contributed by atoms with E-state index in [0.717, 1.165) is 33.7 Å². The zero-order chi connectivity index (χ0) is 86.3. The van der Waals surface area contributed by atoms with Crippen molar-refractivity contribution in [1.82, 2.24) is 14.1 Å². The standard InChI is InChI=1S/C74H70N4O.Pt/c1-47-38-68(75-44-59(47)48-20-17-21-51(39-48)70(2,3)4)78-64-27-14-13-24-57(64)58-33-32-54(43-67(58)78)79-53-23-18-22-52(42-53)76-46-77(66-29-16-15-28-65(66)76)69-55(49-30-34-60-62(40-49)72(7,8)37-36-71(60,5)6)25-19-26-56(69)50-31-35-61-63(41-50)74(11,12)45-73(61,9)10;/h13-35,38-41,44H,36-37,45H2,1-12H3;/q-2;/i1D3,5D3,6D3,7D3,8D3,9D3,10D3,11D3,12D3,30D,31D,34D,35D,36D2,37D2,40D,41D;. The second kappa shape index (κ2) is 19.2. The second-order valence-electron chi connectivity index (χ2n) is 21.1. The molecule has 8 aromatic carbocycles. The van der Waals surface area contributed by atoms with Crippen molar-refractivity contribution in [2.75, 3.05) is 0 Å². The van der Waals surface area contributed by atoms with Gasteiger partial charge in [0.2, 0.25) is 0 Å². The number of ether oxygens (including phenoxy) is 1. The molecule has 0 spiro atoms. The fraction of sp³-hybridized carbons (Fsp3) is 0.270. The van der Waals surface area contributed by atoms with Crippen molar-refractivity contribution in [3.63, 3.8) is 0 Å². The first-order chi connectivity index (χ1) is 52.9. The summed E-state index contributed by atoms with van der Waals surface area (Å²) in [6, 6.07) is 30.3. The van der Waals surface area contributed by atoms with Crippen molar-refractivity contribution in [3.8, 4) is 62.1 Å². The van der Waals surface area contributed by atoms with Gasteiger partial charge >= 0.3 is 0 Å². The van der Waals surface area contributed by atoms with Crippen LogP contribution in [-0.2, 0) is 48.1 Å². The molecule has 0 amide bonds. The predicted octanol–water partition coefficient (Wildman–Crippen LogP) is 18.5. The number of para-hydroxylation sites is 4. The Morgan fingerprint density at radius 2 is 1.25 bits per heavy atom. The third-order valence-corrected chi connectivity index (χ3v) is 14.5. The van der Waals surface area contributed by atoms with Crippen LogP contribution < -0.4 is 9.30 Å². The third kappa shape index (κ3) is 8.96. The fourth-order valence-corrected chi connectivity index (χ4v) is 10.6. The van der Waals surface area contributed by atoms with Gasteiger partial charge in [-0.25, -0.2) is 4.98 Å². The van der Waals surface area contributed by atoms with E-state index in [1.807, 2.05) is 63.2 Å². The molecular formula is C74H70N4OPt-2. The summed E-state index contributed by atoms with van der Waals surface area (Å²) in [5.74, 6) is 0.228. The minimum absolute atomic E-state index is 0. The van der Waals surface area contributed by atoms with Gasteiger partial charge in [0.1, 0.15) is 5.82 Å². The fourth-order valence-electron chi connectivity index (χ4n) is 10.6. The summed E-state index contributed by atoms with van der Waals surface area (Å²) < 4.78 is 350. The Morgan fingerprint density at radius 1 is 0.613 bits per heavy atom. The zero-order valence-corrected chi connectivity index (χ0v) is 45.2. The van der Waals surface area contributed by atoms with Gasteiger partial charge in [-0.2, -0.15) is 18.2 Å². The van der Waals surface area contributed by atoms with Gasteiger partial charge in [-0.05, 0) is 137 Å². The molecule has 13 rings (SSSR count). The summed E-state index contributed by atoms with van der Waals surface area (Å²) in [5.41, 5.74) is -24.9. The molecule has 2 aliphatic rings. The minimum Gasteiger partial charge on any atom is -0.510 e. The molecule has 0 N–H and O–H groups in total. The summed E-state index contributed by atoms with van der Waals surface area (Å²) in [4.78, 5) is 4.87. The topological polar surface area (TPSA) is 35.9 Å². The Labute approximate surface area is 539 Å². The number of rotatable bonds is 8. The number of aromatic nitrogens is 4. The van der Waals surface area contributed by atoms with E-state index < -0.39 is 189 Å². The maximum Gasteiger partial charge on any atom is 0.268 e. The molecule has 3 aromatic heterocycles. The van der Waals surface area contributed by atoms with Crippen LogP contribution in [0.2, 0.25) is 0 Å². The molecule has 2 aliphatic carbocycles. The third-order valence-electron chi connectivity index (χ3n) is 14.5. The van der Waals surface area contributed by atoms with Gasteiger partial charge < -0.3 is 13.9 Å². The number of benzene rings is 8. The molecule has 5 nitrogen and oxygen atoms in total. The Balaban J connectivity index is 0.0000126. The molecule has 11 aromatic rings. The van der Waals surface area contributed by atoms with Crippen molar-refractivity contribution in [2.45, 2.75) is 129 Å². The molecule has 0 radical (unpaired) electrons. The van der Waals surface area contributed by atoms with Gasteiger partial charge in [0.15, 0.2) is 0 Å². The van der Waals surface area contributed by atoms with E-state index in [2.05, 4.69) is 18.5 Å². The number of aryl methyl sites for hydroxylation is 1.